The van der Waals surface area contributed by atoms with Crippen LogP contribution in [0.1, 0.15) is 22.7 Å². The molecule has 1 atom stereocenters. The second kappa shape index (κ2) is 6.96. The van der Waals surface area contributed by atoms with Crippen molar-refractivity contribution in [2.24, 2.45) is 0 Å². The Morgan fingerprint density at radius 1 is 1.00 bits per heavy atom. The minimum atomic E-state index is 0.0837. The zero-order valence-corrected chi connectivity index (χ0v) is 14.3. The molecule has 2 rings (SSSR count). The SMILES string of the molecule is CNC(c1ccccc1C)c1cc(OC)c(OC)cc1Br. The van der Waals surface area contributed by atoms with Gasteiger partial charge in [0.15, 0.2) is 11.5 Å². The highest BCUT2D eigenvalue weighted by atomic mass is 79.9. The zero-order chi connectivity index (χ0) is 15.4. The third kappa shape index (κ3) is 3.22. The maximum Gasteiger partial charge on any atom is 0.161 e. The molecular weight excluding hydrogens is 330 g/mol. The third-order valence-electron chi connectivity index (χ3n) is 3.60. The molecule has 1 N–H and O–H groups in total. The van der Waals surface area contributed by atoms with E-state index < -0.39 is 0 Å². The lowest BCUT2D eigenvalue weighted by Gasteiger charge is -2.22. The number of hydrogen-bond acceptors (Lipinski definition) is 3. The van der Waals surface area contributed by atoms with Gasteiger partial charge in [-0.1, -0.05) is 40.2 Å². The lowest BCUT2D eigenvalue weighted by atomic mass is 9.95. The maximum atomic E-state index is 5.42. The number of nitrogens with one attached hydrogen (secondary N) is 1. The molecule has 0 amide bonds. The van der Waals surface area contributed by atoms with E-state index in [9.17, 15) is 0 Å². The van der Waals surface area contributed by atoms with E-state index in [2.05, 4.69) is 52.4 Å². The number of ether oxygens (including phenoxy) is 2. The van der Waals surface area contributed by atoms with Crippen LogP contribution in [0.4, 0.5) is 0 Å². The summed E-state index contributed by atoms with van der Waals surface area (Å²) in [5.41, 5.74) is 3.61. The first-order chi connectivity index (χ1) is 10.1. The van der Waals surface area contributed by atoms with E-state index in [4.69, 9.17) is 9.47 Å². The van der Waals surface area contributed by atoms with Gasteiger partial charge in [0.05, 0.1) is 20.3 Å². The van der Waals surface area contributed by atoms with Gasteiger partial charge >= 0.3 is 0 Å². The molecule has 0 bridgehead atoms. The van der Waals surface area contributed by atoms with Crippen LogP contribution in [0.25, 0.3) is 0 Å². The van der Waals surface area contributed by atoms with Crippen LogP contribution >= 0.6 is 15.9 Å². The second-order valence-electron chi connectivity index (χ2n) is 4.81. The van der Waals surface area contributed by atoms with Crippen LogP contribution in [-0.4, -0.2) is 21.3 Å². The van der Waals surface area contributed by atoms with Gasteiger partial charge in [-0.05, 0) is 42.8 Å². The van der Waals surface area contributed by atoms with Gasteiger partial charge in [0.25, 0.3) is 0 Å². The number of aryl methyl sites for hydroxylation is 1. The second-order valence-corrected chi connectivity index (χ2v) is 5.66. The van der Waals surface area contributed by atoms with E-state index in [1.54, 1.807) is 14.2 Å². The molecule has 4 heteroatoms. The predicted molar refractivity (Wildman–Crippen MR) is 89.3 cm³/mol. The largest absolute Gasteiger partial charge is 0.493 e. The Kier molecular flexibility index (Phi) is 5.26. The molecule has 3 nitrogen and oxygen atoms in total. The molecule has 0 heterocycles. The smallest absolute Gasteiger partial charge is 0.161 e. The number of benzene rings is 2. The summed E-state index contributed by atoms with van der Waals surface area (Å²) < 4.78 is 11.7. The molecule has 0 aliphatic heterocycles. The van der Waals surface area contributed by atoms with Crippen molar-refractivity contribution >= 4 is 15.9 Å². The third-order valence-corrected chi connectivity index (χ3v) is 4.29. The van der Waals surface area contributed by atoms with Gasteiger partial charge < -0.3 is 14.8 Å². The van der Waals surface area contributed by atoms with Crippen LogP contribution in [-0.2, 0) is 0 Å². The lowest BCUT2D eigenvalue weighted by Crippen LogP contribution is -2.19. The molecule has 0 aliphatic carbocycles. The van der Waals surface area contributed by atoms with Crippen LogP contribution in [0, 0.1) is 6.92 Å². The summed E-state index contributed by atoms with van der Waals surface area (Å²) in [6.45, 7) is 2.12. The average Bonchev–Trinajstić information content (AvgIpc) is 2.50. The standard InChI is InChI=1S/C17H20BrNO2/c1-11-7-5-6-8-12(11)17(19-2)13-9-15(20-3)16(21-4)10-14(13)18/h5-10,17,19H,1-4H3. The van der Waals surface area contributed by atoms with Gasteiger partial charge in [-0.2, -0.15) is 0 Å². The van der Waals surface area contributed by atoms with Crippen LogP contribution < -0.4 is 14.8 Å². The van der Waals surface area contributed by atoms with Crippen LogP contribution in [0.5, 0.6) is 11.5 Å². The van der Waals surface area contributed by atoms with E-state index in [1.165, 1.54) is 11.1 Å². The minimum Gasteiger partial charge on any atom is -0.493 e. The molecule has 0 aliphatic rings. The molecular formula is C17H20BrNO2. The molecule has 0 radical (unpaired) electrons. The summed E-state index contributed by atoms with van der Waals surface area (Å²) in [5.74, 6) is 1.44. The van der Waals surface area contributed by atoms with Gasteiger partial charge in [-0.15, -0.1) is 0 Å². The maximum absolute atomic E-state index is 5.42. The Hall–Kier alpha value is -1.52. The molecule has 2 aromatic carbocycles. The van der Waals surface area contributed by atoms with Crippen LogP contribution in [0.2, 0.25) is 0 Å². The number of methoxy groups -OCH3 is 2. The minimum absolute atomic E-state index is 0.0837. The van der Waals surface area contributed by atoms with Crippen molar-refractivity contribution in [3.8, 4) is 11.5 Å². The van der Waals surface area contributed by atoms with Crippen LogP contribution in [0.3, 0.4) is 0 Å². The fourth-order valence-electron chi connectivity index (χ4n) is 2.48. The highest BCUT2D eigenvalue weighted by molar-refractivity contribution is 9.10. The molecule has 0 saturated carbocycles. The fraction of sp³-hybridized carbons (Fsp3) is 0.294. The van der Waals surface area contributed by atoms with Gasteiger partial charge in [0.2, 0.25) is 0 Å². The van der Waals surface area contributed by atoms with E-state index in [-0.39, 0.29) is 6.04 Å². The first kappa shape index (κ1) is 15.9. The van der Waals surface area contributed by atoms with Crippen LogP contribution in [0.15, 0.2) is 40.9 Å². The Morgan fingerprint density at radius 3 is 2.19 bits per heavy atom. The summed E-state index contributed by atoms with van der Waals surface area (Å²) in [6.07, 6.45) is 0. The first-order valence-electron chi connectivity index (χ1n) is 6.76. The summed E-state index contributed by atoms with van der Waals surface area (Å²) >= 11 is 3.64. The van der Waals surface area contributed by atoms with E-state index in [0.29, 0.717) is 5.75 Å². The van der Waals surface area contributed by atoms with E-state index in [1.807, 2.05) is 19.2 Å². The summed E-state index contributed by atoms with van der Waals surface area (Å²) in [7, 11) is 5.25. The van der Waals surface area contributed by atoms with E-state index in [0.717, 1.165) is 15.8 Å². The zero-order valence-electron chi connectivity index (χ0n) is 12.7. The summed E-state index contributed by atoms with van der Waals surface area (Å²) in [4.78, 5) is 0. The molecule has 1 unspecified atom stereocenters. The Bertz CT molecular complexity index is 628. The monoisotopic (exact) mass is 349 g/mol. The van der Waals surface area contributed by atoms with Gasteiger partial charge in [-0.25, -0.2) is 0 Å². The van der Waals surface area contributed by atoms with Crippen molar-refractivity contribution in [1.82, 2.24) is 5.32 Å². The Labute approximate surface area is 134 Å². The lowest BCUT2D eigenvalue weighted by molar-refractivity contribution is 0.354. The first-order valence-corrected chi connectivity index (χ1v) is 7.55. The number of halogens is 1. The van der Waals surface area contributed by atoms with E-state index >= 15 is 0 Å². The molecule has 0 saturated heterocycles. The molecule has 21 heavy (non-hydrogen) atoms. The molecule has 112 valence electrons. The van der Waals surface area contributed by atoms with Crippen molar-refractivity contribution in [3.63, 3.8) is 0 Å². The normalized spacial score (nSPS) is 12.0. The molecule has 0 fully saturated rings. The van der Waals surface area contributed by atoms with Gasteiger partial charge in [0, 0.05) is 4.47 Å². The van der Waals surface area contributed by atoms with Crippen molar-refractivity contribution in [2.75, 3.05) is 21.3 Å². The average molecular weight is 350 g/mol. The quantitative estimate of drug-likeness (QED) is 0.881. The summed E-state index contributed by atoms with van der Waals surface area (Å²) in [5, 5.41) is 3.38. The predicted octanol–water partition coefficient (Wildman–Crippen LogP) is 4.08. The summed E-state index contributed by atoms with van der Waals surface area (Å²) in [6, 6.07) is 12.4. The highest BCUT2D eigenvalue weighted by Crippen LogP contribution is 2.38. The Morgan fingerprint density at radius 2 is 1.62 bits per heavy atom. The topological polar surface area (TPSA) is 30.5 Å². The highest BCUT2D eigenvalue weighted by Gasteiger charge is 2.19. The number of rotatable bonds is 5. The Balaban J connectivity index is 2.55. The molecule has 0 spiro atoms. The number of hydrogen-bond donors (Lipinski definition) is 1. The molecule has 2 aromatic rings. The molecule has 0 aromatic heterocycles. The van der Waals surface area contributed by atoms with Crippen molar-refractivity contribution in [1.29, 1.82) is 0 Å². The van der Waals surface area contributed by atoms with Crippen molar-refractivity contribution in [3.05, 3.63) is 57.6 Å². The van der Waals surface area contributed by atoms with Gasteiger partial charge in [0.1, 0.15) is 0 Å². The fourth-order valence-corrected chi connectivity index (χ4v) is 3.03. The van der Waals surface area contributed by atoms with Crippen molar-refractivity contribution < 1.29 is 9.47 Å². The van der Waals surface area contributed by atoms with Crippen molar-refractivity contribution in [2.45, 2.75) is 13.0 Å². The van der Waals surface area contributed by atoms with Gasteiger partial charge in [-0.3, -0.25) is 0 Å².